The van der Waals surface area contributed by atoms with Gasteiger partial charge in [-0.1, -0.05) is 0 Å². The van der Waals surface area contributed by atoms with E-state index in [0.29, 0.717) is 6.54 Å². The zero-order valence-corrected chi connectivity index (χ0v) is 10.5. The van der Waals surface area contributed by atoms with Crippen molar-refractivity contribution >= 4 is 11.7 Å². The largest absolute Gasteiger partial charge is 0.496 e. The maximum Gasteiger partial charge on any atom is 0.316 e. The fourth-order valence-corrected chi connectivity index (χ4v) is 1.91. The highest BCUT2D eigenvalue weighted by molar-refractivity contribution is 5.77. The molecule has 2 rings (SSSR count). The molecule has 5 heteroatoms. The number of aliphatic carboxylic acids is 1. The van der Waals surface area contributed by atoms with Crippen molar-refractivity contribution in [2.75, 3.05) is 32.2 Å². The standard InChI is InChI=1S/C13H17NO4/c1-9-5-10(3-4-11(9)17-2)14-6-13(12(15)16)7-18-8-13/h3-5,14H,6-8H2,1-2H3,(H,15,16). The van der Waals surface area contributed by atoms with Crippen molar-refractivity contribution in [1.29, 1.82) is 0 Å². The Labute approximate surface area is 106 Å². The predicted molar refractivity (Wildman–Crippen MR) is 67.1 cm³/mol. The normalized spacial score (nSPS) is 16.8. The minimum absolute atomic E-state index is 0.268. The van der Waals surface area contributed by atoms with Gasteiger partial charge in [-0.25, -0.2) is 0 Å². The molecule has 1 aromatic rings. The molecule has 1 fully saturated rings. The highest BCUT2D eigenvalue weighted by Gasteiger charge is 2.46. The van der Waals surface area contributed by atoms with Crippen LogP contribution in [-0.2, 0) is 9.53 Å². The number of hydrogen-bond acceptors (Lipinski definition) is 4. The van der Waals surface area contributed by atoms with Crippen LogP contribution in [0.5, 0.6) is 5.75 Å². The SMILES string of the molecule is COc1ccc(NCC2(C(=O)O)COC2)cc1C. The molecule has 5 nitrogen and oxygen atoms in total. The van der Waals surface area contributed by atoms with Crippen LogP contribution in [0.3, 0.4) is 0 Å². The first kappa shape index (κ1) is 12.7. The van der Waals surface area contributed by atoms with Crippen LogP contribution in [0.25, 0.3) is 0 Å². The van der Waals surface area contributed by atoms with E-state index in [1.165, 1.54) is 0 Å². The lowest BCUT2D eigenvalue weighted by molar-refractivity contribution is -0.176. The summed E-state index contributed by atoms with van der Waals surface area (Å²) in [6.07, 6.45) is 0. The monoisotopic (exact) mass is 251 g/mol. The molecule has 1 saturated heterocycles. The minimum atomic E-state index is -0.813. The Morgan fingerprint density at radius 2 is 2.28 bits per heavy atom. The van der Waals surface area contributed by atoms with E-state index in [-0.39, 0.29) is 13.2 Å². The maximum absolute atomic E-state index is 11.2. The van der Waals surface area contributed by atoms with E-state index in [1.807, 2.05) is 25.1 Å². The number of carbonyl (C=O) groups is 1. The highest BCUT2D eigenvalue weighted by atomic mass is 16.5. The van der Waals surface area contributed by atoms with E-state index >= 15 is 0 Å². The van der Waals surface area contributed by atoms with E-state index in [2.05, 4.69) is 5.32 Å². The summed E-state index contributed by atoms with van der Waals surface area (Å²) in [5, 5.41) is 12.3. The van der Waals surface area contributed by atoms with Crippen molar-refractivity contribution in [3.05, 3.63) is 23.8 Å². The Balaban J connectivity index is 2.02. The Bertz CT molecular complexity index is 454. The van der Waals surface area contributed by atoms with Gasteiger partial charge in [0, 0.05) is 12.2 Å². The summed E-state index contributed by atoms with van der Waals surface area (Å²) in [7, 11) is 1.63. The third kappa shape index (κ3) is 2.26. The summed E-state index contributed by atoms with van der Waals surface area (Å²) in [5.74, 6) is 0.00644. The van der Waals surface area contributed by atoms with Gasteiger partial charge in [-0.3, -0.25) is 4.79 Å². The molecule has 0 radical (unpaired) electrons. The van der Waals surface area contributed by atoms with Gasteiger partial charge in [-0.05, 0) is 30.7 Å². The predicted octanol–water partition coefficient (Wildman–Crippen LogP) is 1.52. The molecule has 0 amide bonds. The van der Waals surface area contributed by atoms with Gasteiger partial charge < -0.3 is 19.9 Å². The number of benzene rings is 1. The van der Waals surface area contributed by atoms with Gasteiger partial charge in [0.1, 0.15) is 11.2 Å². The zero-order valence-electron chi connectivity index (χ0n) is 10.5. The van der Waals surface area contributed by atoms with Crippen LogP contribution in [0.15, 0.2) is 18.2 Å². The third-order valence-electron chi connectivity index (χ3n) is 3.24. The molecule has 1 heterocycles. The number of ether oxygens (including phenoxy) is 2. The fraction of sp³-hybridized carbons (Fsp3) is 0.462. The van der Waals surface area contributed by atoms with E-state index in [4.69, 9.17) is 14.6 Å². The van der Waals surface area contributed by atoms with Crippen molar-refractivity contribution in [3.63, 3.8) is 0 Å². The van der Waals surface area contributed by atoms with E-state index in [1.54, 1.807) is 7.11 Å². The molecule has 18 heavy (non-hydrogen) atoms. The van der Waals surface area contributed by atoms with Crippen LogP contribution in [0.1, 0.15) is 5.56 Å². The molecule has 0 unspecified atom stereocenters. The van der Waals surface area contributed by atoms with Gasteiger partial charge in [-0.2, -0.15) is 0 Å². The average Bonchev–Trinajstić information content (AvgIpc) is 2.27. The second-order valence-electron chi connectivity index (χ2n) is 4.62. The lowest BCUT2D eigenvalue weighted by atomic mass is 9.86. The second-order valence-corrected chi connectivity index (χ2v) is 4.62. The molecule has 0 aliphatic carbocycles. The van der Waals surface area contributed by atoms with Gasteiger partial charge >= 0.3 is 5.97 Å². The molecule has 1 aliphatic heterocycles. The summed E-state index contributed by atoms with van der Waals surface area (Å²) in [4.78, 5) is 11.2. The molecular formula is C13H17NO4. The molecule has 0 saturated carbocycles. The summed E-state index contributed by atoms with van der Waals surface area (Å²) in [6, 6.07) is 5.68. The van der Waals surface area contributed by atoms with E-state index in [0.717, 1.165) is 17.0 Å². The fourth-order valence-electron chi connectivity index (χ4n) is 1.91. The van der Waals surface area contributed by atoms with E-state index in [9.17, 15) is 4.79 Å². The number of hydrogen-bond donors (Lipinski definition) is 2. The summed E-state index contributed by atoms with van der Waals surface area (Å²) in [5.41, 5.74) is 1.12. The Morgan fingerprint density at radius 1 is 1.56 bits per heavy atom. The first-order chi connectivity index (χ1) is 8.57. The van der Waals surface area contributed by atoms with Crippen molar-refractivity contribution in [1.82, 2.24) is 0 Å². The minimum Gasteiger partial charge on any atom is -0.496 e. The van der Waals surface area contributed by atoms with Gasteiger partial charge in [0.2, 0.25) is 0 Å². The summed E-state index contributed by atoms with van der Waals surface area (Å²) < 4.78 is 10.2. The van der Waals surface area contributed by atoms with Crippen LogP contribution in [-0.4, -0.2) is 37.9 Å². The van der Waals surface area contributed by atoms with Crippen LogP contribution in [0, 0.1) is 12.3 Å². The molecule has 2 N–H and O–H groups in total. The molecule has 0 bridgehead atoms. The van der Waals surface area contributed by atoms with Gasteiger partial charge in [0.15, 0.2) is 0 Å². The van der Waals surface area contributed by atoms with Crippen LogP contribution in [0.4, 0.5) is 5.69 Å². The lowest BCUT2D eigenvalue weighted by Crippen LogP contribution is -2.53. The number of aryl methyl sites for hydroxylation is 1. The van der Waals surface area contributed by atoms with Gasteiger partial charge in [-0.15, -0.1) is 0 Å². The molecule has 0 spiro atoms. The number of rotatable bonds is 5. The molecular weight excluding hydrogens is 234 g/mol. The number of anilines is 1. The average molecular weight is 251 g/mol. The number of carboxylic acids is 1. The summed E-state index contributed by atoms with van der Waals surface area (Å²) in [6.45, 7) is 2.85. The van der Waals surface area contributed by atoms with Crippen LogP contribution < -0.4 is 10.1 Å². The third-order valence-corrected chi connectivity index (χ3v) is 3.24. The molecule has 1 aliphatic rings. The maximum atomic E-state index is 11.2. The quantitative estimate of drug-likeness (QED) is 0.830. The van der Waals surface area contributed by atoms with Crippen molar-refractivity contribution in [2.45, 2.75) is 6.92 Å². The molecule has 0 atom stereocenters. The van der Waals surface area contributed by atoms with Crippen LogP contribution >= 0.6 is 0 Å². The summed E-state index contributed by atoms with van der Waals surface area (Å²) >= 11 is 0. The number of carboxylic acid groups (broad SMARTS) is 1. The molecule has 1 aromatic carbocycles. The van der Waals surface area contributed by atoms with Gasteiger partial charge in [0.05, 0.1) is 20.3 Å². The van der Waals surface area contributed by atoms with Crippen molar-refractivity contribution in [3.8, 4) is 5.75 Å². The smallest absolute Gasteiger partial charge is 0.316 e. The first-order valence-electron chi connectivity index (χ1n) is 5.77. The first-order valence-corrected chi connectivity index (χ1v) is 5.77. The highest BCUT2D eigenvalue weighted by Crippen LogP contribution is 2.29. The van der Waals surface area contributed by atoms with Crippen molar-refractivity contribution < 1.29 is 19.4 Å². The Kier molecular flexibility index (Phi) is 3.43. The molecule has 0 aromatic heterocycles. The lowest BCUT2D eigenvalue weighted by Gasteiger charge is -2.37. The number of methoxy groups -OCH3 is 1. The van der Waals surface area contributed by atoms with Gasteiger partial charge in [0.25, 0.3) is 0 Å². The Hall–Kier alpha value is -1.75. The second kappa shape index (κ2) is 4.86. The van der Waals surface area contributed by atoms with E-state index < -0.39 is 11.4 Å². The Morgan fingerprint density at radius 3 is 2.72 bits per heavy atom. The van der Waals surface area contributed by atoms with Crippen LogP contribution in [0.2, 0.25) is 0 Å². The number of nitrogens with one attached hydrogen (secondary N) is 1. The zero-order chi connectivity index (χ0) is 13.2. The molecule has 98 valence electrons. The topological polar surface area (TPSA) is 67.8 Å². The van der Waals surface area contributed by atoms with Crippen molar-refractivity contribution in [2.24, 2.45) is 5.41 Å².